The number of nitrogens with two attached hydrogens (primary N) is 1. The van der Waals surface area contributed by atoms with Crippen molar-refractivity contribution in [3.63, 3.8) is 0 Å². The zero-order valence-corrected chi connectivity index (χ0v) is 15.0. The van der Waals surface area contributed by atoms with Crippen LogP contribution in [-0.4, -0.2) is 22.6 Å². The Morgan fingerprint density at radius 3 is 2.48 bits per heavy atom. The van der Waals surface area contributed by atoms with Crippen LogP contribution in [0.1, 0.15) is 28.8 Å². The van der Waals surface area contributed by atoms with E-state index in [-0.39, 0.29) is 5.56 Å². The van der Waals surface area contributed by atoms with Gasteiger partial charge in [0, 0.05) is 16.5 Å². The number of benzene rings is 2. The lowest BCUT2D eigenvalue weighted by molar-refractivity contribution is 0.0697. The van der Waals surface area contributed by atoms with E-state index in [0.717, 1.165) is 47.0 Å². The molecule has 0 bridgehead atoms. The van der Waals surface area contributed by atoms with E-state index in [1.54, 1.807) is 36.4 Å². The fourth-order valence-corrected chi connectivity index (χ4v) is 3.62. The molecule has 2 aromatic carbocycles. The summed E-state index contributed by atoms with van der Waals surface area (Å²) in [4.78, 5) is 14.7. The van der Waals surface area contributed by atoms with Crippen LogP contribution in [0.4, 0.5) is 0 Å². The number of nitrogens with one attached hydrogen (secondary N) is 1. The van der Waals surface area contributed by atoms with Crippen LogP contribution in [-0.2, 0) is 6.42 Å². The molecule has 0 saturated carbocycles. The third-order valence-corrected chi connectivity index (χ3v) is 4.88. The molecule has 25 heavy (non-hydrogen) atoms. The number of aryl methyl sites for hydroxylation is 1. The molecule has 1 heterocycles. The molecule has 130 valence electrons. The van der Waals surface area contributed by atoms with Gasteiger partial charge in [0.2, 0.25) is 0 Å². The second-order valence-electron chi connectivity index (χ2n) is 5.89. The van der Waals surface area contributed by atoms with E-state index in [1.165, 1.54) is 0 Å². The minimum Gasteiger partial charge on any atom is -0.478 e. The molecule has 0 aliphatic rings. The molecular weight excluding hydrogens is 359 g/mol. The fraction of sp³-hybridized carbons (Fsp3) is 0.211. The van der Waals surface area contributed by atoms with Crippen molar-refractivity contribution in [1.82, 2.24) is 4.98 Å². The monoisotopic (exact) mass is 376 g/mol. The molecule has 3 rings (SSSR count). The van der Waals surface area contributed by atoms with Crippen molar-refractivity contribution in [3.05, 3.63) is 57.6 Å². The van der Waals surface area contributed by atoms with Crippen LogP contribution in [0.25, 0.3) is 22.2 Å². The lowest BCUT2D eigenvalue weighted by Crippen LogP contribution is -2.00. The van der Waals surface area contributed by atoms with Crippen LogP contribution >= 0.6 is 23.2 Å². The molecule has 0 aliphatic carbocycles. The van der Waals surface area contributed by atoms with E-state index in [0.29, 0.717) is 16.6 Å². The number of aromatic carboxylic acids is 1. The molecular formula is C19H18Cl2N2O2. The maximum absolute atomic E-state index is 11.3. The van der Waals surface area contributed by atoms with Crippen molar-refractivity contribution >= 4 is 40.1 Å². The number of halogens is 2. The summed E-state index contributed by atoms with van der Waals surface area (Å²) in [5, 5.41) is 11.3. The van der Waals surface area contributed by atoms with Crippen LogP contribution in [0, 0.1) is 0 Å². The first-order valence-corrected chi connectivity index (χ1v) is 8.81. The molecule has 0 radical (unpaired) electrons. The first-order valence-electron chi connectivity index (χ1n) is 8.05. The number of fused-ring (bicyclic) bond motifs is 1. The van der Waals surface area contributed by atoms with Crippen LogP contribution in [0.2, 0.25) is 10.0 Å². The van der Waals surface area contributed by atoms with Gasteiger partial charge in [0.1, 0.15) is 0 Å². The van der Waals surface area contributed by atoms with Crippen molar-refractivity contribution < 1.29 is 9.90 Å². The first kappa shape index (κ1) is 17.8. The number of H-pyrrole nitrogens is 1. The smallest absolute Gasteiger partial charge is 0.335 e. The van der Waals surface area contributed by atoms with E-state index in [9.17, 15) is 9.90 Å². The van der Waals surface area contributed by atoms with Crippen molar-refractivity contribution in [1.29, 1.82) is 0 Å². The average Bonchev–Trinajstić information content (AvgIpc) is 2.92. The molecule has 4 nitrogen and oxygen atoms in total. The normalized spacial score (nSPS) is 11.2. The second kappa shape index (κ2) is 7.48. The predicted octanol–water partition coefficient (Wildman–Crippen LogP) is 5.12. The number of carboxylic acids is 1. The lowest BCUT2D eigenvalue weighted by Gasteiger charge is -2.09. The SMILES string of the molecule is NCCCCc1c(-c2c(Cl)cccc2Cl)[nH]c2ccc(C(=O)O)cc12. The summed E-state index contributed by atoms with van der Waals surface area (Å²) in [5.41, 5.74) is 9.32. The number of aromatic amines is 1. The number of rotatable bonds is 6. The Hall–Kier alpha value is -2.01. The molecule has 0 aliphatic heterocycles. The number of carboxylic acid groups (broad SMARTS) is 1. The zero-order valence-electron chi connectivity index (χ0n) is 13.5. The van der Waals surface area contributed by atoms with Gasteiger partial charge in [-0.05, 0) is 61.7 Å². The topological polar surface area (TPSA) is 79.1 Å². The molecule has 0 amide bonds. The Morgan fingerprint density at radius 2 is 1.84 bits per heavy atom. The van der Waals surface area contributed by atoms with E-state index in [4.69, 9.17) is 28.9 Å². The molecule has 0 atom stereocenters. The Morgan fingerprint density at radius 1 is 1.12 bits per heavy atom. The molecule has 1 aromatic heterocycles. The highest BCUT2D eigenvalue weighted by atomic mass is 35.5. The van der Waals surface area contributed by atoms with Gasteiger partial charge in [0.15, 0.2) is 0 Å². The van der Waals surface area contributed by atoms with Crippen LogP contribution in [0.5, 0.6) is 0 Å². The number of unbranched alkanes of at least 4 members (excludes halogenated alkanes) is 1. The number of aromatic nitrogens is 1. The Balaban J connectivity index is 2.23. The molecule has 6 heteroatoms. The van der Waals surface area contributed by atoms with Gasteiger partial charge in [-0.2, -0.15) is 0 Å². The third-order valence-electron chi connectivity index (χ3n) is 4.25. The maximum Gasteiger partial charge on any atom is 0.335 e. The zero-order chi connectivity index (χ0) is 18.0. The second-order valence-corrected chi connectivity index (χ2v) is 6.70. The summed E-state index contributed by atoms with van der Waals surface area (Å²) in [6, 6.07) is 10.4. The molecule has 4 N–H and O–H groups in total. The van der Waals surface area contributed by atoms with Crippen LogP contribution < -0.4 is 5.73 Å². The maximum atomic E-state index is 11.3. The van der Waals surface area contributed by atoms with Gasteiger partial charge in [-0.25, -0.2) is 4.79 Å². The van der Waals surface area contributed by atoms with Gasteiger partial charge in [-0.15, -0.1) is 0 Å². The standard InChI is InChI=1S/C19H18Cl2N2O2/c20-14-5-3-6-15(21)17(14)18-12(4-1-2-9-22)13-10-11(19(24)25)7-8-16(13)23-18/h3,5-8,10,23H,1-2,4,9,22H2,(H,24,25). The summed E-state index contributed by atoms with van der Waals surface area (Å²) in [7, 11) is 0. The molecule has 0 saturated heterocycles. The lowest BCUT2D eigenvalue weighted by atomic mass is 9.99. The van der Waals surface area contributed by atoms with Crippen molar-refractivity contribution in [2.24, 2.45) is 5.73 Å². The largest absolute Gasteiger partial charge is 0.478 e. The number of hydrogen-bond donors (Lipinski definition) is 3. The Kier molecular flexibility index (Phi) is 5.33. The van der Waals surface area contributed by atoms with Crippen molar-refractivity contribution in [2.45, 2.75) is 19.3 Å². The number of hydrogen-bond acceptors (Lipinski definition) is 2. The summed E-state index contributed by atoms with van der Waals surface area (Å²) in [6.45, 7) is 0.616. The minimum atomic E-state index is -0.951. The highest BCUT2D eigenvalue weighted by molar-refractivity contribution is 6.39. The Labute approximate surface area is 155 Å². The summed E-state index contributed by atoms with van der Waals surface area (Å²) in [5.74, 6) is -0.951. The first-order chi connectivity index (χ1) is 12.0. The highest BCUT2D eigenvalue weighted by Gasteiger charge is 2.18. The molecule has 0 unspecified atom stereocenters. The molecule has 3 aromatic rings. The van der Waals surface area contributed by atoms with Gasteiger partial charge in [-0.1, -0.05) is 29.3 Å². The van der Waals surface area contributed by atoms with E-state index < -0.39 is 5.97 Å². The van der Waals surface area contributed by atoms with E-state index >= 15 is 0 Å². The Bertz CT molecular complexity index is 914. The van der Waals surface area contributed by atoms with Crippen LogP contribution in [0.3, 0.4) is 0 Å². The van der Waals surface area contributed by atoms with E-state index in [1.807, 2.05) is 0 Å². The molecule has 0 spiro atoms. The van der Waals surface area contributed by atoms with Gasteiger partial charge >= 0.3 is 5.97 Å². The van der Waals surface area contributed by atoms with E-state index in [2.05, 4.69) is 4.98 Å². The van der Waals surface area contributed by atoms with Gasteiger partial charge < -0.3 is 15.8 Å². The van der Waals surface area contributed by atoms with Crippen molar-refractivity contribution in [3.8, 4) is 11.3 Å². The van der Waals surface area contributed by atoms with Gasteiger partial charge in [-0.3, -0.25) is 0 Å². The van der Waals surface area contributed by atoms with Gasteiger partial charge in [0.25, 0.3) is 0 Å². The summed E-state index contributed by atoms with van der Waals surface area (Å²) >= 11 is 12.8. The minimum absolute atomic E-state index is 0.253. The number of carbonyl (C=O) groups is 1. The summed E-state index contributed by atoms with van der Waals surface area (Å²) in [6.07, 6.45) is 2.55. The van der Waals surface area contributed by atoms with Crippen molar-refractivity contribution in [2.75, 3.05) is 6.54 Å². The van der Waals surface area contributed by atoms with Gasteiger partial charge in [0.05, 0.1) is 21.3 Å². The predicted molar refractivity (Wildman–Crippen MR) is 103 cm³/mol. The quantitative estimate of drug-likeness (QED) is 0.522. The fourth-order valence-electron chi connectivity index (χ4n) is 3.04. The molecule has 0 fully saturated rings. The summed E-state index contributed by atoms with van der Waals surface area (Å²) < 4.78 is 0. The highest BCUT2D eigenvalue weighted by Crippen LogP contribution is 2.39. The van der Waals surface area contributed by atoms with Crippen LogP contribution in [0.15, 0.2) is 36.4 Å². The third kappa shape index (κ3) is 3.52. The average molecular weight is 377 g/mol.